The van der Waals surface area contributed by atoms with Gasteiger partial charge < -0.3 is 25.4 Å². The van der Waals surface area contributed by atoms with E-state index in [2.05, 4.69) is 0 Å². The zero-order valence-electron chi connectivity index (χ0n) is 24.2. The number of hydrogen-bond acceptors (Lipinski definition) is 8. The summed E-state index contributed by atoms with van der Waals surface area (Å²) in [6, 6.07) is 14.6. The number of amides is 2. The Kier molecular flexibility index (Phi) is 9.35. The van der Waals surface area contributed by atoms with E-state index in [9.17, 15) is 18.8 Å². The molecule has 1 saturated heterocycles. The number of carboxylic acid groups (broad SMARTS) is 1. The molecule has 0 unspecified atom stereocenters. The highest BCUT2D eigenvalue weighted by Gasteiger charge is 2.37. The number of primary amides is 1. The van der Waals surface area contributed by atoms with E-state index in [1.54, 1.807) is 42.1 Å². The van der Waals surface area contributed by atoms with Crippen LogP contribution in [0.25, 0.3) is 0 Å². The van der Waals surface area contributed by atoms with Crippen molar-refractivity contribution >= 4 is 35.2 Å². The van der Waals surface area contributed by atoms with Gasteiger partial charge in [0.25, 0.3) is 5.91 Å². The van der Waals surface area contributed by atoms with Gasteiger partial charge in [-0.1, -0.05) is 12.1 Å². The summed E-state index contributed by atoms with van der Waals surface area (Å²) in [4.78, 5) is 44.3. The van der Waals surface area contributed by atoms with Gasteiger partial charge in [0.05, 0.1) is 28.9 Å². The topological polar surface area (TPSA) is 150 Å². The van der Waals surface area contributed by atoms with E-state index >= 15 is 0 Å². The van der Waals surface area contributed by atoms with Crippen LogP contribution >= 0.6 is 11.8 Å². The lowest BCUT2D eigenvalue weighted by Crippen LogP contribution is -2.45. The van der Waals surface area contributed by atoms with Gasteiger partial charge in [-0.15, -0.1) is 11.8 Å². The van der Waals surface area contributed by atoms with Crippen LogP contribution in [0, 0.1) is 24.1 Å². The van der Waals surface area contributed by atoms with E-state index in [0.717, 1.165) is 29.1 Å². The first-order chi connectivity index (χ1) is 21.1. The van der Waals surface area contributed by atoms with E-state index in [0.29, 0.717) is 46.5 Å². The van der Waals surface area contributed by atoms with E-state index < -0.39 is 17.9 Å². The lowest BCUT2D eigenvalue weighted by molar-refractivity contribution is -0.137. The molecule has 228 valence electrons. The number of benzene rings is 2. The first-order valence-electron chi connectivity index (χ1n) is 14.3. The normalized spacial score (nSPS) is 15.5. The summed E-state index contributed by atoms with van der Waals surface area (Å²) in [6.07, 6.45) is 1.40. The summed E-state index contributed by atoms with van der Waals surface area (Å²) in [7, 11) is 0. The Morgan fingerprint density at radius 2 is 2.00 bits per heavy atom. The molecule has 12 heteroatoms. The first-order valence-corrected chi connectivity index (χ1v) is 15.2. The number of halogens is 1. The molecule has 0 spiro atoms. The SMILES string of the molecule is Cc1nc(SC2CCN(c3ccc(C#N)cc3F)CC2)ccc1COc1cccc2c1CN([C@@H](CCC(=O)O)C(N)=O)C2=O. The lowest BCUT2D eigenvalue weighted by atomic mass is 10.1. The standard InChI is InChI=1S/C32H32FN5O5S/c1-19-21(6-9-29(36-19)44-22-11-13-37(14-12-22)26-7-5-20(16-34)15-25(26)33)18-43-28-4-2-3-23-24(28)17-38(32(23)42)27(31(35)41)8-10-30(39)40/h2-7,9,15,22,27H,8,10-14,17-18H2,1H3,(H2,35,41)(H,39,40)/t27-/m0/s1. The second-order valence-corrected chi connectivity index (χ2v) is 12.2. The molecule has 2 aliphatic heterocycles. The summed E-state index contributed by atoms with van der Waals surface area (Å²) < 4.78 is 20.6. The van der Waals surface area contributed by atoms with Crippen molar-refractivity contribution in [2.45, 2.75) is 62.1 Å². The Labute approximate surface area is 258 Å². The third-order valence-electron chi connectivity index (χ3n) is 7.99. The monoisotopic (exact) mass is 617 g/mol. The highest BCUT2D eigenvalue weighted by Crippen LogP contribution is 2.35. The minimum Gasteiger partial charge on any atom is -0.488 e. The number of carbonyl (C=O) groups excluding carboxylic acids is 2. The van der Waals surface area contributed by atoms with Crippen molar-refractivity contribution in [2.24, 2.45) is 5.73 Å². The molecule has 3 aromatic rings. The fourth-order valence-electron chi connectivity index (χ4n) is 5.58. The van der Waals surface area contributed by atoms with E-state index in [1.165, 1.54) is 11.0 Å². The predicted molar refractivity (Wildman–Crippen MR) is 162 cm³/mol. The number of anilines is 1. The molecule has 0 radical (unpaired) electrons. The number of nitriles is 1. The van der Waals surface area contributed by atoms with Crippen molar-refractivity contribution in [3.63, 3.8) is 0 Å². The molecule has 0 aliphatic carbocycles. The molecular formula is C32H32FN5O5S. The van der Waals surface area contributed by atoms with Crippen molar-refractivity contribution in [1.29, 1.82) is 5.26 Å². The van der Waals surface area contributed by atoms with Crippen molar-refractivity contribution in [1.82, 2.24) is 9.88 Å². The second kappa shape index (κ2) is 13.3. The lowest BCUT2D eigenvalue weighted by Gasteiger charge is -2.33. The van der Waals surface area contributed by atoms with Crippen LogP contribution in [-0.2, 0) is 22.7 Å². The van der Waals surface area contributed by atoms with Gasteiger partial charge in [0.2, 0.25) is 5.91 Å². The Morgan fingerprint density at radius 3 is 2.66 bits per heavy atom. The highest BCUT2D eigenvalue weighted by molar-refractivity contribution is 7.99. The number of nitrogens with zero attached hydrogens (tertiary/aromatic N) is 4. The third-order valence-corrected chi connectivity index (χ3v) is 9.26. The number of ether oxygens (including phenoxy) is 1. The molecule has 1 atom stereocenters. The fraction of sp³-hybridized carbons (Fsp3) is 0.344. The van der Waals surface area contributed by atoms with Crippen LogP contribution in [0.5, 0.6) is 5.75 Å². The van der Waals surface area contributed by atoms with Crippen LogP contribution in [0.4, 0.5) is 10.1 Å². The van der Waals surface area contributed by atoms with Crippen molar-refractivity contribution in [3.8, 4) is 11.8 Å². The highest BCUT2D eigenvalue weighted by atomic mass is 32.2. The van der Waals surface area contributed by atoms with Gasteiger partial charge in [-0.05, 0) is 62.6 Å². The maximum atomic E-state index is 14.5. The van der Waals surface area contributed by atoms with Gasteiger partial charge >= 0.3 is 5.97 Å². The summed E-state index contributed by atoms with van der Waals surface area (Å²) in [5.41, 5.74) is 9.08. The number of aryl methyl sites for hydroxylation is 1. The minimum atomic E-state index is -1.07. The number of hydrogen-bond donors (Lipinski definition) is 2. The van der Waals surface area contributed by atoms with Crippen LogP contribution in [-0.4, -0.2) is 57.2 Å². The van der Waals surface area contributed by atoms with Gasteiger partial charge in [0, 0.05) is 47.1 Å². The van der Waals surface area contributed by atoms with Crippen LogP contribution < -0.4 is 15.4 Å². The molecule has 3 heterocycles. The maximum absolute atomic E-state index is 14.5. The minimum absolute atomic E-state index is 0.0649. The number of fused-ring (bicyclic) bond motifs is 1. The van der Waals surface area contributed by atoms with Crippen molar-refractivity contribution in [2.75, 3.05) is 18.0 Å². The Bertz CT molecular complexity index is 1640. The molecular weight excluding hydrogens is 585 g/mol. The molecule has 5 rings (SSSR count). The van der Waals surface area contributed by atoms with E-state index in [4.69, 9.17) is 25.8 Å². The first kappa shape index (κ1) is 30.8. The Hall–Kier alpha value is -4.63. The summed E-state index contributed by atoms with van der Waals surface area (Å²) in [5.74, 6) is -2.07. The third kappa shape index (κ3) is 6.78. The van der Waals surface area contributed by atoms with Gasteiger partial charge in [0.1, 0.15) is 24.2 Å². The summed E-state index contributed by atoms with van der Waals surface area (Å²) >= 11 is 1.70. The molecule has 0 bridgehead atoms. The van der Waals surface area contributed by atoms with Crippen LogP contribution in [0.2, 0.25) is 0 Å². The Morgan fingerprint density at radius 1 is 1.23 bits per heavy atom. The zero-order valence-corrected chi connectivity index (χ0v) is 25.0. The van der Waals surface area contributed by atoms with Crippen molar-refractivity contribution < 1.29 is 28.6 Å². The zero-order chi connectivity index (χ0) is 31.4. The van der Waals surface area contributed by atoms with Gasteiger partial charge in [0.15, 0.2) is 0 Å². The van der Waals surface area contributed by atoms with Gasteiger partial charge in [-0.25, -0.2) is 9.37 Å². The number of carbonyl (C=O) groups is 3. The molecule has 10 nitrogen and oxygen atoms in total. The number of rotatable bonds is 11. The van der Waals surface area contributed by atoms with Crippen LogP contribution in [0.1, 0.15) is 58.4 Å². The molecule has 0 saturated carbocycles. The fourth-order valence-corrected chi connectivity index (χ4v) is 6.71. The maximum Gasteiger partial charge on any atom is 0.303 e. The smallest absolute Gasteiger partial charge is 0.303 e. The average molecular weight is 618 g/mol. The number of pyridine rings is 1. The largest absolute Gasteiger partial charge is 0.488 e. The van der Waals surface area contributed by atoms with Crippen LogP contribution in [0.15, 0.2) is 53.6 Å². The number of aromatic nitrogens is 1. The van der Waals surface area contributed by atoms with E-state index in [-0.39, 0.29) is 37.7 Å². The molecule has 2 aliphatic rings. The number of thioether (sulfide) groups is 1. The molecule has 3 N–H and O–H groups in total. The predicted octanol–water partition coefficient (Wildman–Crippen LogP) is 4.42. The molecule has 2 aromatic carbocycles. The second-order valence-electron chi connectivity index (χ2n) is 10.8. The van der Waals surface area contributed by atoms with E-state index in [1.807, 2.05) is 30.0 Å². The number of carboxylic acids is 1. The Balaban J connectivity index is 1.18. The molecule has 2 amide bonds. The quantitative estimate of drug-likeness (QED) is 0.319. The molecule has 1 fully saturated rings. The average Bonchev–Trinajstić information content (AvgIpc) is 3.33. The van der Waals surface area contributed by atoms with Crippen LogP contribution in [0.3, 0.4) is 0 Å². The number of nitrogens with two attached hydrogens (primary N) is 1. The number of aliphatic carboxylic acids is 1. The summed E-state index contributed by atoms with van der Waals surface area (Å²) in [6.45, 7) is 3.67. The summed E-state index contributed by atoms with van der Waals surface area (Å²) in [5, 5.41) is 19.3. The molecule has 44 heavy (non-hydrogen) atoms. The molecule has 1 aromatic heterocycles. The van der Waals surface area contributed by atoms with Gasteiger partial charge in [-0.2, -0.15) is 5.26 Å². The van der Waals surface area contributed by atoms with Crippen molar-refractivity contribution in [3.05, 3.63) is 82.3 Å². The number of piperidine rings is 1. The van der Waals surface area contributed by atoms with Gasteiger partial charge in [-0.3, -0.25) is 14.4 Å².